The topological polar surface area (TPSA) is 105 Å². The van der Waals surface area contributed by atoms with Crippen LogP contribution < -0.4 is 10.9 Å². The molecule has 1 heterocycles. The molecule has 0 saturated carbocycles. The van der Waals surface area contributed by atoms with Crippen LogP contribution >= 0.6 is 0 Å². The molecule has 0 spiro atoms. The molecule has 7 nitrogen and oxygen atoms in total. The highest BCUT2D eigenvalue weighted by atomic mass is 32.2. The number of amides is 2. The van der Waals surface area contributed by atoms with Gasteiger partial charge < -0.3 is 4.42 Å². The Morgan fingerprint density at radius 2 is 1.64 bits per heavy atom. The summed E-state index contributed by atoms with van der Waals surface area (Å²) < 4.78 is 28.6. The molecule has 2 N–H and O–H groups in total. The zero-order valence-corrected chi connectivity index (χ0v) is 15.6. The van der Waals surface area contributed by atoms with Crippen LogP contribution in [0, 0.1) is 0 Å². The molecule has 0 unspecified atom stereocenters. The van der Waals surface area contributed by atoms with Gasteiger partial charge in [-0.3, -0.25) is 20.4 Å². The molecule has 1 rings (SSSR count). The SMILES string of the molecule is CCCCCCCCCCS(=O)(=O)CC(=O)NNC(=O)c1ccco1. The molecular formula is C17H28N2O5S. The lowest BCUT2D eigenvalue weighted by Gasteiger charge is -2.07. The van der Waals surface area contributed by atoms with Gasteiger partial charge in [-0.05, 0) is 18.6 Å². The van der Waals surface area contributed by atoms with Crippen molar-refractivity contribution < 1.29 is 22.4 Å². The van der Waals surface area contributed by atoms with E-state index in [-0.39, 0.29) is 11.5 Å². The monoisotopic (exact) mass is 372 g/mol. The van der Waals surface area contributed by atoms with E-state index in [0.717, 1.165) is 19.3 Å². The molecule has 8 heteroatoms. The smallest absolute Gasteiger partial charge is 0.305 e. The maximum atomic E-state index is 11.9. The first-order valence-corrected chi connectivity index (χ1v) is 10.6. The van der Waals surface area contributed by atoms with Gasteiger partial charge in [0.1, 0.15) is 5.75 Å². The number of hydrogen-bond donors (Lipinski definition) is 2. The first kappa shape index (κ1) is 21.2. The fourth-order valence-corrected chi connectivity index (χ4v) is 3.62. The Labute approximate surface area is 149 Å². The molecule has 0 saturated heterocycles. The molecule has 0 aliphatic heterocycles. The summed E-state index contributed by atoms with van der Waals surface area (Å²) in [5.74, 6) is -2.02. The van der Waals surface area contributed by atoms with Crippen molar-refractivity contribution >= 4 is 21.7 Å². The summed E-state index contributed by atoms with van der Waals surface area (Å²) in [5, 5.41) is 0. The maximum absolute atomic E-state index is 11.9. The summed E-state index contributed by atoms with van der Waals surface area (Å²) in [6.45, 7) is 2.17. The molecular weight excluding hydrogens is 344 g/mol. The largest absolute Gasteiger partial charge is 0.459 e. The van der Waals surface area contributed by atoms with E-state index in [1.165, 1.54) is 44.1 Å². The summed E-state index contributed by atoms with van der Waals surface area (Å²) >= 11 is 0. The molecule has 0 aromatic carbocycles. The number of hydrazine groups is 1. The first-order chi connectivity index (χ1) is 11.9. The Morgan fingerprint density at radius 1 is 1.00 bits per heavy atom. The van der Waals surface area contributed by atoms with Gasteiger partial charge in [0.05, 0.1) is 12.0 Å². The van der Waals surface area contributed by atoms with Gasteiger partial charge in [0.15, 0.2) is 15.6 Å². The van der Waals surface area contributed by atoms with Crippen molar-refractivity contribution in [1.29, 1.82) is 0 Å². The van der Waals surface area contributed by atoms with Crippen LogP contribution in [0.2, 0.25) is 0 Å². The summed E-state index contributed by atoms with van der Waals surface area (Å²) in [4.78, 5) is 23.2. The number of carbonyl (C=O) groups excluding carboxylic acids is 2. The predicted molar refractivity (Wildman–Crippen MR) is 95.6 cm³/mol. The van der Waals surface area contributed by atoms with Gasteiger partial charge in [-0.2, -0.15) is 0 Å². The molecule has 2 amide bonds. The number of furan rings is 1. The van der Waals surface area contributed by atoms with Crippen LogP contribution in [0.1, 0.15) is 68.8 Å². The van der Waals surface area contributed by atoms with E-state index >= 15 is 0 Å². The van der Waals surface area contributed by atoms with Gasteiger partial charge in [-0.15, -0.1) is 0 Å². The van der Waals surface area contributed by atoms with Crippen LogP contribution in [0.4, 0.5) is 0 Å². The van der Waals surface area contributed by atoms with Crippen molar-refractivity contribution in [1.82, 2.24) is 10.9 Å². The highest BCUT2D eigenvalue weighted by molar-refractivity contribution is 7.92. The summed E-state index contributed by atoms with van der Waals surface area (Å²) in [5.41, 5.74) is 4.19. The average Bonchev–Trinajstić information content (AvgIpc) is 3.09. The van der Waals surface area contributed by atoms with E-state index in [1.807, 2.05) is 0 Å². The second-order valence-corrected chi connectivity index (χ2v) is 8.23. The molecule has 0 aliphatic rings. The number of carbonyl (C=O) groups is 2. The van der Waals surface area contributed by atoms with Crippen LogP contribution in [0.25, 0.3) is 0 Å². The Balaban J connectivity index is 2.14. The number of hydrogen-bond acceptors (Lipinski definition) is 5. The molecule has 0 bridgehead atoms. The number of sulfone groups is 1. The van der Waals surface area contributed by atoms with Gasteiger partial charge in [-0.25, -0.2) is 8.42 Å². The van der Waals surface area contributed by atoms with Crippen LogP contribution in [0.5, 0.6) is 0 Å². The van der Waals surface area contributed by atoms with Crippen LogP contribution in [0.3, 0.4) is 0 Å². The van der Waals surface area contributed by atoms with Crippen molar-refractivity contribution in [3.8, 4) is 0 Å². The summed E-state index contributed by atoms with van der Waals surface area (Å²) in [6.07, 6.45) is 9.76. The van der Waals surface area contributed by atoms with E-state index < -0.39 is 27.4 Å². The highest BCUT2D eigenvalue weighted by Gasteiger charge is 2.17. The summed E-state index contributed by atoms with van der Waals surface area (Å²) in [6, 6.07) is 2.96. The van der Waals surface area contributed by atoms with Gasteiger partial charge in [0.25, 0.3) is 5.91 Å². The van der Waals surface area contributed by atoms with E-state index in [0.29, 0.717) is 6.42 Å². The number of unbranched alkanes of at least 4 members (excludes halogenated alkanes) is 7. The fraction of sp³-hybridized carbons (Fsp3) is 0.647. The average molecular weight is 372 g/mol. The van der Waals surface area contributed by atoms with Crippen molar-refractivity contribution in [2.45, 2.75) is 58.3 Å². The summed E-state index contributed by atoms with van der Waals surface area (Å²) in [7, 11) is -3.47. The minimum Gasteiger partial charge on any atom is -0.459 e. The zero-order valence-electron chi connectivity index (χ0n) is 14.8. The van der Waals surface area contributed by atoms with Crippen molar-refractivity contribution in [3.05, 3.63) is 24.2 Å². The predicted octanol–water partition coefficient (Wildman–Crippen LogP) is 2.60. The maximum Gasteiger partial charge on any atom is 0.305 e. The normalized spacial score (nSPS) is 11.2. The van der Waals surface area contributed by atoms with Crippen molar-refractivity contribution in [3.63, 3.8) is 0 Å². The number of nitrogens with one attached hydrogen (secondary N) is 2. The van der Waals surface area contributed by atoms with E-state index in [2.05, 4.69) is 17.8 Å². The molecule has 0 fully saturated rings. The van der Waals surface area contributed by atoms with Gasteiger partial charge >= 0.3 is 5.91 Å². The van der Waals surface area contributed by atoms with Crippen LogP contribution in [0.15, 0.2) is 22.8 Å². The third kappa shape index (κ3) is 9.91. The van der Waals surface area contributed by atoms with Crippen LogP contribution in [-0.4, -0.2) is 31.7 Å². The van der Waals surface area contributed by atoms with Crippen molar-refractivity contribution in [2.24, 2.45) is 0 Å². The first-order valence-electron chi connectivity index (χ1n) is 8.77. The van der Waals surface area contributed by atoms with Gasteiger partial charge in [0.2, 0.25) is 0 Å². The minimum absolute atomic E-state index is 0.0124. The molecule has 1 aromatic heterocycles. The molecule has 1 aromatic rings. The molecule has 0 atom stereocenters. The molecule has 25 heavy (non-hydrogen) atoms. The van der Waals surface area contributed by atoms with E-state index in [4.69, 9.17) is 4.42 Å². The standard InChI is InChI=1S/C17H28N2O5S/c1-2-3-4-5-6-7-8-9-13-25(22,23)14-16(20)18-19-17(21)15-11-10-12-24-15/h10-12H,2-9,13-14H2,1H3,(H,18,20)(H,19,21). The zero-order chi connectivity index (χ0) is 18.5. The van der Waals surface area contributed by atoms with Gasteiger partial charge in [0, 0.05) is 0 Å². The lowest BCUT2D eigenvalue weighted by Crippen LogP contribution is -2.44. The highest BCUT2D eigenvalue weighted by Crippen LogP contribution is 2.09. The lowest BCUT2D eigenvalue weighted by molar-refractivity contribution is -0.119. The van der Waals surface area contributed by atoms with Crippen LogP contribution in [-0.2, 0) is 14.6 Å². The third-order valence-electron chi connectivity index (χ3n) is 3.72. The Bertz CT molecular complexity index is 611. The Hall–Kier alpha value is -1.83. The fourth-order valence-electron chi connectivity index (χ4n) is 2.36. The molecule has 142 valence electrons. The second-order valence-electron chi connectivity index (χ2n) is 6.05. The third-order valence-corrected chi connectivity index (χ3v) is 5.33. The van der Waals surface area contributed by atoms with Crippen molar-refractivity contribution in [2.75, 3.05) is 11.5 Å². The molecule has 0 aliphatic carbocycles. The minimum atomic E-state index is -3.47. The van der Waals surface area contributed by atoms with Gasteiger partial charge in [-0.1, -0.05) is 51.9 Å². The Kier molecular flexibility index (Phi) is 9.91. The quantitative estimate of drug-likeness (QED) is 0.433. The number of rotatable bonds is 12. The molecule has 0 radical (unpaired) electrons. The lowest BCUT2D eigenvalue weighted by atomic mass is 10.1. The van der Waals surface area contributed by atoms with E-state index in [1.54, 1.807) is 0 Å². The second kappa shape index (κ2) is 11.7. The Morgan fingerprint density at radius 3 is 2.24 bits per heavy atom. The van der Waals surface area contributed by atoms with E-state index in [9.17, 15) is 18.0 Å².